The zero-order chi connectivity index (χ0) is 11.9. The van der Waals surface area contributed by atoms with Crippen molar-refractivity contribution in [3.63, 3.8) is 0 Å². The Kier molecular flexibility index (Phi) is 2.91. The van der Waals surface area contributed by atoms with Crippen LogP contribution in [0.3, 0.4) is 0 Å². The van der Waals surface area contributed by atoms with E-state index in [1.165, 1.54) is 37.7 Å². The van der Waals surface area contributed by atoms with Crippen LogP contribution in [0.4, 0.5) is 0 Å². The molecular weight excluding hydrogens is 278 g/mol. The van der Waals surface area contributed by atoms with Gasteiger partial charge in [-0.1, -0.05) is 6.07 Å². The van der Waals surface area contributed by atoms with E-state index in [2.05, 4.69) is 34.1 Å². The maximum absolute atomic E-state index is 5.92. The third-order valence-electron chi connectivity index (χ3n) is 4.13. The highest BCUT2D eigenvalue weighted by molar-refractivity contribution is 9.10. The van der Waals surface area contributed by atoms with Crippen molar-refractivity contribution in [2.24, 2.45) is 5.73 Å². The molecule has 0 unspecified atom stereocenters. The highest BCUT2D eigenvalue weighted by Crippen LogP contribution is 2.48. The number of benzene rings is 1. The summed E-state index contributed by atoms with van der Waals surface area (Å²) in [5, 5.41) is 0. The minimum atomic E-state index is 0.261. The first kappa shape index (κ1) is 11.5. The third-order valence-corrected chi connectivity index (χ3v) is 4.75. The molecule has 3 heteroatoms. The Morgan fingerprint density at radius 2 is 2.12 bits per heavy atom. The molecule has 0 amide bonds. The lowest BCUT2D eigenvalue weighted by Crippen LogP contribution is -2.25. The Labute approximate surface area is 111 Å². The van der Waals surface area contributed by atoms with Gasteiger partial charge in [0, 0.05) is 12.0 Å². The van der Waals surface area contributed by atoms with Crippen LogP contribution in [0, 0.1) is 0 Å². The van der Waals surface area contributed by atoms with Crippen molar-refractivity contribution in [3.05, 3.63) is 28.2 Å². The summed E-state index contributed by atoms with van der Waals surface area (Å²) >= 11 is 3.61. The fourth-order valence-corrected chi connectivity index (χ4v) is 2.83. The molecule has 2 nitrogen and oxygen atoms in total. The van der Waals surface area contributed by atoms with Gasteiger partial charge >= 0.3 is 0 Å². The van der Waals surface area contributed by atoms with Gasteiger partial charge in [-0.25, -0.2) is 0 Å². The summed E-state index contributed by atoms with van der Waals surface area (Å²) in [7, 11) is 0. The Morgan fingerprint density at radius 3 is 2.59 bits per heavy atom. The van der Waals surface area contributed by atoms with Gasteiger partial charge in [-0.2, -0.15) is 0 Å². The first-order valence-corrected chi connectivity index (χ1v) is 7.20. The van der Waals surface area contributed by atoms with Crippen molar-refractivity contribution < 1.29 is 4.74 Å². The molecule has 0 aromatic heterocycles. The van der Waals surface area contributed by atoms with E-state index in [1.807, 2.05) is 0 Å². The third kappa shape index (κ3) is 2.11. The van der Waals surface area contributed by atoms with Crippen molar-refractivity contribution in [1.29, 1.82) is 0 Å². The van der Waals surface area contributed by atoms with Crippen molar-refractivity contribution in [2.75, 3.05) is 6.54 Å². The number of rotatable bonds is 4. The average Bonchev–Trinajstić information content (AvgIpc) is 3.06. The van der Waals surface area contributed by atoms with Gasteiger partial charge in [-0.05, 0) is 65.7 Å². The van der Waals surface area contributed by atoms with E-state index in [9.17, 15) is 0 Å². The normalized spacial score (nSPS) is 22.0. The Balaban J connectivity index is 1.78. The predicted molar refractivity (Wildman–Crippen MR) is 72.4 cm³/mol. The van der Waals surface area contributed by atoms with Crippen LogP contribution in [0.1, 0.15) is 37.7 Å². The number of ether oxygens (including phenoxy) is 1. The topological polar surface area (TPSA) is 35.2 Å². The lowest BCUT2D eigenvalue weighted by Gasteiger charge is -2.27. The average molecular weight is 296 g/mol. The lowest BCUT2D eigenvalue weighted by molar-refractivity contribution is 0.119. The maximum atomic E-state index is 5.92. The second kappa shape index (κ2) is 4.29. The van der Waals surface area contributed by atoms with E-state index >= 15 is 0 Å². The van der Waals surface area contributed by atoms with Crippen molar-refractivity contribution in [3.8, 4) is 5.75 Å². The molecule has 0 heterocycles. The SMILES string of the molecule is NCC1(c2ccc(OC3CCC3)c(Br)c2)CC1. The van der Waals surface area contributed by atoms with E-state index in [0.29, 0.717) is 6.10 Å². The molecule has 0 bridgehead atoms. The van der Waals surface area contributed by atoms with Crippen LogP contribution < -0.4 is 10.5 Å². The molecule has 0 atom stereocenters. The molecule has 3 rings (SSSR count). The molecule has 0 saturated heterocycles. The molecule has 2 saturated carbocycles. The number of halogens is 1. The number of hydrogen-bond acceptors (Lipinski definition) is 2. The van der Waals surface area contributed by atoms with Crippen molar-refractivity contribution in [1.82, 2.24) is 0 Å². The molecule has 2 fully saturated rings. The van der Waals surface area contributed by atoms with Gasteiger partial charge < -0.3 is 10.5 Å². The van der Waals surface area contributed by atoms with Gasteiger partial charge in [0.15, 0.2) is 0 Å². The Morgan fingerprint density at radius 1 is 1.35 bits per heavy atom. The van der Waals surface area contributed by atoms with Crippen LogP contribution in [-0.2, 0) is 5.41 Å². The van der Waals surface area contributed by atoms with Crippen LogP contribution in [0.5, 0.6) is 5.75 Å². The van der Waals surface area contributed by atoms with Gasteiger partial charge in [0.1, 0.15) is 5.75 Å². The largest absolute Gasteiger partial charge is 0.489 e. The van der Waals surface area contributed by atoms with Gasteiger partial charge in [0.2, 0.25) is 0 Å². The molecule has 2 aliphatic rings. The predicted octanol–water partition coefficient (Wildman–Crippen LogP) is 3.37. The zero-order valence-electron chi connectivity index (χ0n) is 9.92. The standard InChI is InChI=1S/C14H18BrNO/c15-12-8-10(14(9-16)6-7-14)4-5-13(12)17-11-2-1-3-11/h4-5,8,11H,1-3,6-7,9,16H2. The first-order chi connectivity index (χ1) is 8.23. The van der Waals surface area contributed by atoms with Gasteiger partial charge in [-0.3, -0.25) is 0 Å². The Hall–Kier alpha value is -0.540. The van der Waals surface area contributed by atoms with Crippen LogP contribution in [0.25, 0.3) is 0 Å². The van der Waals surface area contributed by atoms with Crippen molar-refractivity contribution in [2.45, 2.75) is 43.6 Å². The van der Waals surface area contributed by atoms with Gasteiger partial charge in [-0.15, -0.1) is 0 Å². The molecule has 0 spiro atoms. The lowest BCUT2D eigenvalue weighted by atomic mass is 9.95. The summed E-state index contributed by atoms with van der Waals surface area (Å²) < 4.78 is 7.00. The van der Waals surface area contributed by atoms with Crippen molar-refractivity contribution >= 4 is 15.9 Å². The second-order valence-corrected chi connectivity index (χ2v) is 6.15. The maximum Gasteiger partial charge on any atom is 0.133 e. The molecular formula is C14H18BrNO. The van der Waals surface area contributed by atoms with E-state index in [0.717, 1.165) is 16.8 Å². The summed E-state index contributed by atoms with van der Waals surface area (Å²) in [4.78, 5) is 0. The summed E-state index contributed by atoms with van der Waals surface area (Å²) in [6, 6.07) is 6.46. The van der Waals surface area contributed by atoms with Crippen LogP contribution in [-0.4, -0.2) is 12.6 Å². The first-order valence-electron chi connectivity index (χ1n) is 6.40. The molecule has 0 aliphatic heterocycles. The number of hydrogen-bond donors (Lipinski definition) is 1. The number of nitrogens with two attached hydrogens (primary N) is 1. The van der Waals surface area contributed by atoms with E-state index in [1.54, 1.807) is 0 Å². The summed E-state index contributed by atoms with van der Waals surface area (Å²) in [6.07, 6.45) is 6.57. The van der Waals surface area contributed by atoms with E-state index in [-0.39, 0.29) is 5.41 Å². The Bertz CT molecular complexity index is 424. The zero-order valence-corrected chi connectivity index (χ0v) is 11.5. The van der Waals surface area contributed by atoms with Crippen LogP contribution in [0.2, 0.25) is 0 Å². The van der Waals surface area contributed by atoms with Crippen LogP contribution >= 0.6 is 15.9 Å². The molecule has 2 aliphatic carbocycles. The van der Waals surface area contributed by atoms with E-state index in [4.69, 9.17) is 10.5 Å². The quantitative estimate of drug-likeness (QED) is 0.924. The fraction of sp³-hybridized carbons (Fsp3) is 0.571. The highest BCUT2D eigenvalue weighted by Gasteiger charge is 2.43. The molecule has 1 aromatic rings. The smallest absolute Gasteiger partial charge is 0.133 e. The summed E-state index contributed by atoms with van der Waals surface area (Å²) in [5.41, 5.74) is 7.47. The van der Waals surface area contributed by atoms with Gasteiger partial charge in [0.25, 0.3) is 0 Å². The minimum Gasteiger partial charge on any atom is -0.489 e. The monoisotopic (exact) mass is 295 g/mol. The minimum absolute atomic E-state index is 0.261. The molecule has 0 radical (unpaired) electrons. The highest BCUT2D eigenvalue weighted by atomic mass is 79.9. The molecule has 1 aromatic carbocycles. The van der Waals surface area contributed by atoms with E-state index < -0.39 is 0 Å². The molecule has 2 N–H and O–H groups in total. The summed E-state index contributed by atoms with van der Waals surface area (Å²) in [6.45, 7) is 0.752. The van der Waals surface area contributed by atoms with Crippen LogP contribution in [0.15, 0.2) is 22.7 Å². The fourth-order valence-electron chi connectivity index (χ4n) is 2.36. The second-order valence-electron chi connectivity index (χ2n) is 5.30. The molecule has 92 valence electrons. The molecule has 17 heavy (non-hydrogen) atoms. The van der Waals surface area contributed by atoms with Gasteiger partial charge in [0.05, 0.1) is 10.6 Å². The summed E-state index contributed by atoms with van der Waals surface area (Å²) in [5.74, 6) is 0.978.